The number of carbonyl (C=O) groups is 1. The highest BCUT2D eigenvalue weighted by Crippen LogP contribution is 2.26. The Hall–Kier alpha value is -3.35. The van der Waals surface area contributed by atoms with Crippen LogP contribution in [-0.4, -0.2) is 34.4 Å². The van der Waals surface area contributed by atoms with E-state index in [0.717, 1.165) is 30.9 Å². The van der Waals surface area contributed by atoms with Gasteiger partial charge in [-0.25, -0.2) is 9.97 Å². The number of carbonyl (C=O) groups excluding carboxylic acids is 1. The van der Waals surface area contributed by atoms with Crippen LogP contribution in [-0.2, 0) is 25.3 Å². The molecule has 7 heteroatoms. The van der Waals surface area contributed by atoms with Gasteiger partial charge in [0.25, 0.3) is 5.91 Å². The Labute approximate surface area is 221 Å². The van der Waals surface area contributed by atoms with Crippen molar-refractivity contribution in [1.29, 1.82) is 0 Å². The van der Waals surface area contributed by atoms with Crippen LogP contribution in [0.2, 0.25) is 5.15 Å². The lowest BCUT2D eigenvalue weighted by Crippen LogP contribution is -2.35. The van der Waals surface area contributed by atoms with Crippen LogP contribution in [0.4, 0.5) is 5.82 Å². The zero-order valence-electron chi connectivity index (χ0n) is 20.1. The second-order valence-corrected chi connectivity index (χ2v) is 10.2. The molecule has 0 unspecified atom stereocenters. The summed E-state index contributed by atoms with van der Waals surface area (Å²) in [6.45, 7) is 2.12. The van der Waals surface area contributed by atoms with Gasteiger partial charge in [0.2, 0.25) is 0 Å². The summed E-state index contributed by atoms with van der Waals surface area (Å²) in [5.41, 5.74) is 5.52. The van der Waals surface area contributed by atoms with E-state index < -0.39 is 0 Å². The number of fused-ring (bicyclic) bond motifs is 1. The number of amides is 1. The second kappa shape index (κ2) is 11.1. The normalized spacial score (nSPS) is 12.8. The number of halogens is 1. The molecular weight excluding hydrogens is 488 g/mol. The third-order valence-corrected chi connectivity index (χ3v) is 7.39. The molecule has 0 spiro atoms. The molecule has 1 aliphatic rings. The molecule has 0 N–H and O–H groups in total. The highest BCUT2D eigenvalue weighted by Gasteiger charge is 2.21. The molecule has 0 atom stereocenters. The van der Waals surface area contributed by atoms with Crippen LogP contribution in [0.3, 0.4) is 0 Å². The van der Waals surface area contributed by atoms with E-state index in [1.807, 2.05) is 60.5 Å². The number of hydrogen-bond acceptors (Lipinski definition) is 5. The first kappa shape index (κ1) is 24.3. The Morgan fingerprint density at radius 1 is 0.944 bits per heavy atom. The fourth-order valence-corrected chi connectivity index (χ4v) is 5.40. The average Bonchev–Trinajstić information content (AvgIpc) is 2.91. The van der Waals surface area contributed by atoms with Crippen LogP contribution < -0.4 is 4.90 Å². The minimum atomic E-state index is 0.0696. The lowest BCUT2D eigenvalue weighted by Gasteiger charge is -2.29. The lowest BCUT2D eigenvalue weighted by molar-refractivity contribution is 0.0734. The summed E-state index contributed by atoms with van der Waals surface area (Å²) in [6.07, 6.45) is 0.893. The quantitative estimate of drug-likeness (QED) is 0.165. The number of thioether (sulfide) groups is 1. The van der Waals surface area contributed by atoms with Crippen molar-refractivity contribution in [2.24, 2.45) is 0 Å². The Morgan fingerprint density at radius 2 is 1.69 bits per heavy atom. The van der Waals surface area contributed by atoms with Crippen LogP contribution in [0.15, 0.2) is 90.1 Å². The maximum atomic E-state index is 13.2. The van der Waals surface area contributed by atoms with Gasteiger partial charge in [-0.3, -0.25) is 4.79 Å². The van der Waals surface area contributed by atoms with Crippen molar-refractivity contribution in [2.75, 3.05) is 18.5 Å². The summed E-state index contributed by atoms with van der Waals surface area (Å²) in [5.74, 6) is 1.49. The van der Waals surface area contributed by atoms with Crippen molar-refractivity contribution in [3.05, 3.63) is 118 Å². The van der Waals surface area contributed by atoms with Gasteiger partial charge in [-0.15, -0.1) is 0 Å². The van der Waals surface area contributed by atoms with Crippen molar-refractivity contribution < 1.29 is 4.79 Å². The molecule has 0 radical (unpaired) electrons. The smallest absolute Gasteiger partial charge is 0.254 e. The number of hydrogen-bond donors (Lipinski definition) is 0. The molecule has 182 valence electrons. The van der Waals surface area contributed by atoms with E-state index in [1.165, 1.54) is 28.5 Å². The van der Waals surface area contributed by atoms with E-state index in [2.05, 4.69) is 40.2 Å². The summed E-state index contributed by atoms with van der Waals surface area (Å²) in [7, 11) is 1.99. The van der Waals surface area contributed by atoms with E-state index in [0.29, 0.717) is 28.2 Å². The topological polar surface area (TPSA) is 49.3 Å². The van der Waals surface area contributed by atoms with Gasteiger partial charge in [0.1, 0.15) is 11.0 Å². The Kier molecular flexibility index (Phi) is 7.54. The molecule has 3 aromatic carbocycles. The highest BCUT2D eigenvalue weighted by molar-refractivity contribution is 7.98. The zero-order valence-corrected chi connectivity index (χ0v) is 21.7. The minimum absolute atomic E-state index is 0.0696. The van der Waals surface area contributed by atoms with E-state index in [-0.39, 0.29) is 5.91 Å². The molecule has 1 aromatic heterocycles. The number of nitrogens with zero attached hydrogens (tertiary/aromatic N) is 4. The van der Waals surface area contributed by atoms with Crippen molar-refractivity contribution in [1.82, 2.24) is 14.9 Å². The maximum Gasteiger partial charge on any atom is 0.254 e. The predicted octanol–water partition coefficient (Wildman–Crippen LogP) is 6.26. The number of benzene rings is 3. The van der Waals surface area contributed by atoms with Crippen molar-refractivity contribution in [3.63, 3.8) is 0 Å². The van der Waals surface area contributed by atoms with Crippen molar-refractivity contribution in [3.8, 4) is 0 Å². The molecular formula is C29H27ClN4OS. The van der Waals surface area contributed by atoms with Gasteiger partial charge in [0.05, 0.1) is 0 Å². The molecule has 0 bridgehead atoms. The van der Waals surface area contributed by atoms with Crippen LogP contribution in [0, 0.1) is 0 Å². The van der Waals surface area contributed by atoms with Gasteiger partial charge >= 0.3 is 0 Å². The molecule has 5 nitrogen and oxygen atoms in total. The lowest BCUT2D eigenvalue weighted by atomic mass is 9.99. The van der Waals surface area contributed by atoms with Crippen LogP contribution in [0.5, 0.6) is 0 Å². The fourth-order valence-electron chi connectivity index (χ4n) is 4.38. The standard InChI is InChI=1S/C29H27ClN4OS/c1-33(18-21-8-3-2-4-9-21)27-17-26(30)31-29(32-27)36-20-22-10-7-13-24(16-22)28(35)34-15-14-23-11-5-6-12-25(23)19-34/h2-13,16-17H,14-15,18-20H2,1H3. The van der Waals surface area contributed by atoms with Gasteiger partial charge < -0.3 is 9.80 Å². The fraction of sp³-hybridized carbons (Fsp3) is 0.207. The zero-order chi connectivity index (χ0) is 24.9. The Balaban J connectivity index is 1.24. The van der Waals surface area contributed by atoms with Crippen LogP contribution >= 0.6 is 23.4 Å². The van der Waals surface area contributed by atoms with E-state index >= 15 is 0 Å². The summed E-state index contributed by atoms with van der Waals surface area (Å²) >= 11 is 7.84. The monoisotopic (exact) mass is 514 g/mol. The van der Waals surface area contributed by atoms with E-state index in [4.69, 9.17) is 16.6 Å². The van der Waals surface area contributed by atoms with Crippen LogP contribution in [0.1, 0.15) is 32.6 Å². The van der Waals surface area contributed by atoms with Gasteiger partial charge in [-0.2, -0.15) is 0 Å². The van der Waals surface area contributed by atoms with Crippen LogP contribution in [0.25, 0.3) is 0 Å². The molecule has 2 heterocycles. The third kappa shape index (κ3) is 5.89. The first-order valence-electron chi connectivity index (χ1n) is 11.9. The minimum Gasteiger partial charge on any atom is -0.355 e. The largest absolute Gasteiger partial charge is 0.355 e. The summed E-state index contributed by atoms with van der Waals surface area (Å²) < 4.78 is 0. The summed E-state index contributed by atoms with van der Waals surface area (Å²) in [5, 5.41) is 1.03. The first-order valence-corrected chi connectivity index (χ1v) is 13.3. The van der Waals surface area contributed by atoms with Gasteiger partial charge in [-0.05, 0) is 40.8 Å². The molecule has 36 heavy (non-hydrogen) atoms. The van der Waals surface area contributed by atoms with Crippen molar-refractivity contribution in [2.45, 2.75) is 30.4 Å². The Morgan fingerprint density at radius 3 is 2.53 bits per heavy atom. The predicted molar refractivity (Wildman–Crippen MR) is 146 cm³/mol. The van der Waals surface area contributed by atoms with Gasteiger partial charge in [-0.1, -0.05) is 90.1 Å². The molecule has 1 amide bonds. The van der Waals surface area contributed by atoms with Gasteiger partial charge in [0, 0.05) is 44.1 Å². The number of aromatic nitrogens is 2. The molecule has 4 aromatic rings. The summed E-state index contributed by atoms with van der Waals surface area (Å²) in [4.78, 5) is 26.3. The molecule has 5 rings (SSSR count). The average molecular weight is 515 g/mol. The van der Waals surface area contributed by atoms with E-state index in [9.17, 15) is 4.79 Å². The SMILES string of the molecule is CN(Cc1ccccc1)c1cc(Cl)nc(SCc2cccc(C(=O)N3CCc4ccccc4C3)c2)n1. The number of anilines is 1. The Bertz CT molecular complexity index is 1360. The molecule has 0 saturated heterocycles. The first-order chi connectivity index (χ1) is 17.5. The highest BCUT2D eigenvalue weighted by atomic mass is 35.5. The molecule has 0 fully saturated rings. The van der Waals surface area contributed by atoms with Gasteiger partial charge in [0.15, 0.2) is 5.16 Å². The third-order valence-electron chi connectivity index (χ3n) is 6.27. The molecule has 0 aliphatic carbocycles. The second-order valence-electron chi connectivity index (χ2n) is 8.91. The molecule has 0 saturated carbocycles. The summed E-state index contributed by atoms with van der Waals surface area (Å²) in [6, 6.07) is 28.2. The maximum absolute atomic E-state index is 13.2. The van der Waals surface area contributed by atoms with E-state index in [1.54, 1.807) is 6.07 Å². The van der Waals surface area contributed by atoms with Crippen molar-refractivity contribution >= 4 is 35.1 Å². The number of rotatable bonds is 7. The molecule has 1 aliphatic heterocycles.